The summed E-state index contributed by atoms with van der Waals surface area (Å²) in [6.45, 7) is 59.9. The molecule has 0 aromatic heterocycles. The van der Waals surface area contributed by atoms with Gasteiger partial charge in [-0.25, -0.2) is 0 Å². The predicted octanol–water partition coefficient (Wildman–Crippen LogP) is 22.4. The number of hydrogen-bond donors (Lipinski definition) is 0. The first kappa shape index (κ1) is 68.8. The van der Waals surface area contributed by atoms with Crippen molar-refractivity contribution in [1.82, 2.24) is 0 Å². The molecule has 0 bridgehead atoms. The van der Waals surface area contributed by atoms with E-state index in [0.717, 1.165) is 82.9 Å². The molecular weight excluding hydrogens is 721 g/mol. The van der Waals surface area contributed by atoms with Crippen LogP contribution in [0.25, 0.3) is 0 Å². The molecule has 0 aliphatic heterocycles. The molecule has 0 heterocycles. The second-order valence-electron chi connectivity index (χ2n) is 23.9. The van der Waals surface area contributed by atoms with Gasteiger partial charge in [0.05, 0.1) is 0 Å². The molecule has 0 amide bonds. The van der Waals surface area contributed by atoms with Crippen molar-refractivity contribution in [3.05, 3.63) is 12.2 Å². The van der Waals surface area contributed by atoms with E-state index in [2.05, 4.69) is 173 Å². The quantitative estimate of drug-likeness (QED) is 0.0632. The molecular formula is C60H128. The molecule has 0 saturated carbocycles. The smallest absolute Gasteiger partial charge is 0.0300 e. The summed E-state index contributed by atoms with van der Waals surface area (Å²) >= 11 is 0. The van der Waals surface area contributed by atoms with E-state index in [9.17, 15) is 0 Å². The van der Waals surface area contributed by atoms with Crippen LogP contribution in [0.4, 0.5) is 0 Å². The third-order valence-electron chi connectivity index (χ3n) is 12.1. The largest absolute Gasteiger partial charge is 0.100 e. The molecule has 0 radical (unpaired) electrons. The Labute approximate surface area is 388 Å². The zero-order chi connectivity index (χ0) is 47.8. The van der Waals surface area contributed by atoms with Gasteiger partial charge in [0, 0.05) is 0 Å². The minimum atomic E-state index is 0.840. The highest BCUT2D eigenvalue weighted by atomic mass is 14.2. The van der Waals surface area contributed by atoms with E-state index in [4.69, 9.17) is 0 Å². The fraction of sp³-hybridized carbons (Fsp3) is 0.967. The first-order chi connectivity index (χ1) is 27.8. The van der Waals surface area contributed by atoms with Crippen LogP contribution >= 0.6 is 0 Å². The van der Waals surface area contributed by atoms with Crippen LogP contribution in [0.15, 0.2) is 12.2 Å². The molecule has 0 N–H and O–H groups in total. The van der Waals surface area contributed by atoms with Gasteiger partial charge in [-0.15, -0.1) is 6.58 Å². The lowest BCUT2D eigenvalue weighted by atomic mass is 9.85. The van der Waals surface area contributed by atoms with Gasteiger partial charge in [-0.05, 0) is 154 Å². The molecule has 60 heavy (non-hydrogen) atoms. The van der Waals surface area contributed by atoms with Crippen LogP contribution in [0.3, 0.4) is 0 Å². The average molecular weight is 850 g/mol. The summed E-state index contributed by atoms with van der Waals surface area (Å²) in [4.78, 5) is 0. The van der Waals surface area contributed by atoms with Crippen LogP contribution in [-0.4, -0.2) is 0 Å². The van der Waals surface area contributed by atoms with Gasteiger partial charge >= 0.3 is 0 Å². The van der Waals surface area contributed by atoms with Gasteiger partial charge in [-0.2, -0.15) is 0 Å². The van der Waals surface area contributed by atoms with Crippen molar-refractivity contribution in [1.29, 1.82) is 0 Å². The highest BCUT2D eigenvalue weighted by molar-refractivity contribution is 4.89. The topological polar surface area (TPSA) is 0 Å². The molecule has 0 rings (SSSR count). The van der Waals surface area contributed by atoms with E-state index in [1.807, 2.05) is 0 Å². The van der Waals surface area contributed by atoms with Gasteiger partial charge in [-0.1, -0.05) is 229 Å². The fourth-order valence-corrected chi connectivity index (χ4v) is 10.7. The van der Waals surface area contributed by atoms with Gasteiger partial charge in [0.15, 0.2) is 0 Å². The Bertz CT molecular complexity index is 735. The monoisotopic (exact) mass is 849 g/mol. The summed E-state index contributed by atoms with van der Waals surface area (Å²) < 4.78 is 0. The second kappa shape index (κ2) is 46.7. The van der Waals surface area contributed by atoms with Crippen LogP contribution in [-0.2, 0) is 0 Å². The summed E-state index contributed by atoms with van der Waals surface area (Å²) in [5.41, 5.74) is 1.32. The molecule has 368 valence electrons. The Balaban J connectivity index is -0.000000217. The van der Waals surface area contributed by atoms with Crippen molar-refractivity contribution in [2.24, 2.45) is 82.9 Å². The minimum Gasteiger partial charge on any atom is -0.100 e. The van der Waals surface area contributed by atoms with E-state index in [0.29, 0.717) is 0 Å². The van der Waals surface area contributed by atoms with Crippen molar-refractivity contribution in [3.8, 4) is 0 Å². The predicted molar refractivity (Wildman–Crippen MR) is 287 cm³/mol. The van der Waals surface area contributed by atoms with Gasteiger partial charge in [0.25, 0.3) is 0 Å². The molecule has 10 atom stereocenters. The Morgan fingerprint density at radius 2 is 0.467 bits per heavy atom. The lowest BCUT2D eigenvalue weighted by Crippen LogP contribution is -2.09. The van der Waals surface area contributed by atoms with E-state index in [1.165, 1.54) is 134 Å². The lowest BCUT2D eigenvalue weighted by Gasteiger charge is -2.21. The van der Waals surface area contributed by atoms with E-state index in [-0.39, 0.29) is 0 Å². The molecule has 0 nitrogen and oxygen atoms in total. The molecule has 0 aromatic rings. The van der Waals surface area contributed by atoms with Crippen molar-refractivity contribution < 1.29 is 0 Å². The number of rotatable bonds is 30. The molecule has 0 spiro atoms. The van der Waals surface area contributed by atoms with Crippen molar-refractivity contribution in [2.45, 2.75) is 295 Å². The van der Waals surface area contributed by atoms with E-state index in [1.54, 1.807) is 0 Å². The maximum atomic E-state index is 3.88. The summed E-state index contributed by atoms with van der Waals surface area (Å²) in [6, 6.07) is 0. The van der Waals surface area contributed by atoms with Crippen LogP contribution < -0.4 is 0 Å². The molecule has 0 aliphatic carbocycles. The first-order valence-electron chi connectivity index (χ1n) is 27.4. The van der Waals surface area contributed by atoms with Crippen LogP contribution in [0.2, 0.25) is 0 Å². The van der Waals surface area contributed by atoms with E-state index >= 15 is 0 Å². The van der Waals surface area contributed by atoms with Crippen molar-refractivity contribution >= 4 is 0 Å². The standard InChI is InChI=1S/3C15H32.C9H18.C6H14/c3*1-7-8-13(4)10-15(6)11-14(5)9-12(2)3;1-5-6-9(4)7-8(2)3;1-4-5-6(2)3/h3*12-15H,7-11H2,1-6H3;9H,2,5-7H2,1,3-4H3;6H,4-5H2,1-3H3. The van der Waals surface area contributed by atoms with Gasteiger partial charge < -0.3 is 0 Å². The molecule has 0 aliphatic rings. The maximum Gasteiger partial charge on any atom is -0.0300 e. The Hall–Kier alpha value is -0.260. The zero-order valence-electron chi connectivity index (χ0n) is 47.4. The lowest BCUT2D eigenvalue weighted by molar-refractivity contribution is 0.306. The molecule has 0 saturated heterocycles. The summed E-state index contributed by atoms with van der Waals surface area (Å²) in [5.74, 6) is 12.6. The third kappa shape index (κ3) is 62.0. The molecule has 0 fully saturated rings. The van der Waals surface area contributed by atoms with Gasteiger partial charge in [0.1, 0.15) is 0 Å². The molecule has 0 aromatic carbocycles. The average Bonchev–Trinajstić information content (AvgIpc) is 3.04. The summed E-state index contributed by atoms with van der Waals surface area (Å²) in [6.07, 6.45) is 27.5. The minimum absolute atomic E-state index is 0.840. The van der Waals surface area contributed by atoms with E-state index < -0.39 is 0 Å². The number of hydrogen-bond acceptors (Lipinski definition) is 0. The number of allylic oxidation sites excluding steroid dienone is 1. The first-order valence-corrected chi connectivity index (χ1v) is 27.4. The Morgan fingerprint density at radius 1 is 0.267 bits per heavy atom. The van der Waals surface area contributed by atoms with Crippen molar-refractivity contribution in [3.63, 3.8) is 0 Å². The fourth-order valence-electron chi connectivity index (χ4n) is 10.7. The Kier molecular flexibility index (Phi) is 53.6. The molecule has 10 unspecified atom stereocenters. The third-order valence-corrected chi connectivity index (χ3v) is 12.1. The maximum absolute atomic E-state index is 3.88. The van der Waals surface area contributed by atoms with Crippen molar-refractivity contribution in [2.75, 3.05) is 0 Å². The second-order valence-corrected chi connectivity index (χ2v) is 23.9. The van der Waals surface area contributed by atoms with Crippen LogP contribution in [0.5, 0.6) is 0 Å². The van der Waals surface area contributed by atoms with Crippen LogP contribution in [0.1, 0.15) is 295 Å². The molecule has 0 heteroatoms. The summed E-state index contributed by atoms with van der Waals surface area (Å²) in [5, 5.41) is 0. The highest BCUT2D eigenvalue weighted by Gasteiger charge is 2.15. The SMILES string of the molecule is C=C(C)CC(C)CCC.CCCC(C)C.CCCC(C)CC(C)CC(C)CC(C)C.CCCC(C)CC(C)CC(C)CC(C)C.CCCC(C)CC(C)CC(C)CC(C)C. The van der Waals surface area contributed by atoms with Gasteiger partial charge in [0.2, 0.25) is 0 Å². The zero-order valence-corrected chi connectivity index (χ0v) is 47.4. The normalized spacial score (nSPS) is 16.3. The van der Waals surface area contributed by atoms with Crippen LogP contribution in [0, 0.1) is 82.9 Å². The highest BCUT2D eigenvalue weighted by Crippen LogP contribution is 2.28. The summed E-state index contributed by atoms with van der Waals surface area (Å²) in [7, 11) is 0. The Morgan fingerprint density at radius 3 is 0.633 bits per heavy atom. The van der Waals surface area contributed by atoms with Gasteiger partial charge in [-0.3, -0.25) is 0 Å².